The number of ether oxygens (including phenoxy) is 2. The first kappa shape index (κ1) is 16.8. The van der Waals surface area contributed by atoms with E-state index in [1.54, 1.807) is 0 Å². The molecule has 2 aromatic rings. The van der Waals surface area contributed by atoms with Crippen molar-refractivity contribution in [3.05, 3.63) is 36.7 Å². The van der Waals surface area contributed by atoms with Crippen LogP contribution in [0.25, 0.3) is 0 Å². The molecular weight excluding hydrogens is 339 g/mol. The number of alkyl halides is 3. The molecular formula is C12H10F3N3O4S. The second-order valence-corrected chi connectivity index (χ2v) is 5.77. The number of hydrogen-bond donors (Lipinski definition) is 1. The van der Waals surface area contributed by atoms with Gasteiger partial charge in [-0.3, -0.25) is 4.72 Å². The fraction of sp³-hybridized carbons (Fsp3) is 0.167. The van der Waals surface area contributed by atoms with Crippen LogP contribution in [0.5, 0.6) is 11.8 Å². The molecule has 11 heteroatoms. The molecule has 0 spiro atoms. The fourth-order valence-electron chi connectivity index (χ4n) is 1.51. The second-order valence-electron chi connectivity index (χ2n) is 4.08. The lowest BCUT2D eigenvalue weighted by Crippen LogP contribution is -2.17. The maximum atomic E-state index is 12.1. The highest BCUT2D eigenvalue weighted by atomic mass is 32.2. The normalized spacial score (nSPS) is 11.8. The van der Waals surface area contributed by atoms with Gasteiger partial charge in [0, 0.05) is 0 Å². The van der Waals surface area contributed by atoms with Crippen molar-refractivity contribution in [2.24, 2.45) is 0 Å². The third-order valence-electron chi connectivity index (χ3n) is 2.43. The van der Waals surface area contributed by atoms with E-state index in [1.165, 1.54) is 19.5 Å². The third-order valence-corrected chi connectivity index (χ3v) is 3.83. The van der Waals surface area contributed by atoms with E-state index >= 15 is 0 Å². The zero-order valence-electron chi connectivity index (χ0n) is 11.5. The summed E-state index contributed by atoms with van der Waals surface area (Å²) in [6.45, 7) is 0. The van der Waals surface area contributed by atoms with Gasteiger partial charge in [-0.25, -0.2) is 18.4 Å². The molecule has 0 radical (unpaired) electrons. The molecule has 1 N–H and O–H groups in total. The molecule has 1 aromatic carbocycles. The molecule has 0 aliphatic carbocycles. The summed E-state index contributed by atoms with van der Waals surface area (Å²) in [7, 11) is -2.65. The molecule has 2 rings (SSSR count). The van der Waals surface area contributed by atoms with Crippen molar-refractivity contribution < 1.29 is 31.1 Å². The minimum absolute atomic E-state index is 0.0570. The lowest BCUT2D eigenvalue weighted by atomic mass is 10.3. The van der Waals surface area contributed by atoms with Crippen LogP contribution < -0.4 is 14.2 Å². The van der Waals surface area contributed by atoms with Crippen LogP contribution in [-0.4, -0.2) is 31.9 Å². The van der Waals surface area contributed by atoms with Gasteiger partial charge in [-0.05, 0) is 24.3 Å². The van der Waals surface area contributed by atoms with Gasteiger partial charge in [0.05, 0.1) is 30.1 Å². The maximum Gasteiger partial charge on any atom is 0.573 e. The van der Waals surface area contributed by atoms with Gasteiger partial charge >= 0.3 is 12.4 Å². The predicted molar refractivity (Wildman–Crippen MR) is 72.5 cm³/mol. The number of benzene rings is 1. The van der Waals surface area contributed by atoms with Crippen LogP contribution in [0.15, 0.2) is 41.6 Å². The Morgan fingerprint density at radius 2 is 1.65 bits per heavy atom. The second kappa shape index (κ2) is 6.28. The number of nitrogens with zero attached hydrogens (tertiary/aromatic N) is 2. The zero-order chi connectivity index (χ0) is 17.1. The molecule has 0 aliphatic rings. The number of hydrogen-bond acceptors (Lipinski definition) is 6. The summed E-state index contributed by atoms with van der Waals surface area (Å²) in [5.74, 6) is -0.524. The van der Waals surface area contributed by atoms with E-state index < -0.39 is 22.1 Å². The van der Waals surface area contributed by atoms with Gasteiger partial charge in [0.15, 0.2) is 0 Å². The number of rotatable bonds is 5. The van der Waals surface area contributed by atoms with Gasteiger partial charge in [-0.1, -0.05) is 0 Å². The van der Waals surface area contributed by atoms with Crippen molar-refractivity contribution >= 4 is 15.7 Å². The minimum Gasteiger partial charge on any atom is -0.467 e. The van der Waals surface area contributed by atoms with Crippen LogP contribution in [0, 0.1) is 0 Å². The molecule has 1 aromatic heterocycles. The SMILES string of the molecule is COc1ncc(NS(=O)(=O)c2ccc(OC(F)(F)F)cc2)cn1. The van der Waals surface area contributed by atoms with Crippen molar-refractivity contribution in [3.8, 4) is 11.8 Å². The van der Waals surface area contributed by atoms with Crippen LogP contribution in [-0.2, 0) is 10.0 Å². The summed E-state index contributed by atoms with van der Waals surface area (Å²) >= 11 is 0. The quantitative estimate of drug-likeness (QED) is 0.890. The van der Waals surface area contributed by atoms with E-state index in [0.29, 0.717) is 0 Å². The van der Waals surface area contributed by atoms with E-state index in [-0.39, 0.29) is 16.6 Å². The highest BCUT2D eigenvalue weighted by molar-refractivity contribution is 7.92. The summed E-state index contributed by atoms with van der Waals surface area (Å²) in [5, 5.41) is 0. The van der Waals surface area contributed by atoms with Gasteiger partial charge < -0.3 is 9.47 Å². The fourth-order valence-corrected chi connectivity index (χ4v) is 2.54. The van der Waals surface area contributed by atoms with Crippen LogP contribution in [0.2, 0.25) is 0 Å². The molecule has 0 amide bonds. The molecule has 0 saturated heterocycles. The first-order valence-corrected chi connectivity index (χ1v) is 7.42. The monoisotopic (exact) mass is 349 g/mol. The minimum atomic E-state index is -4.85. The first-order chi connectivity index (χ1) is 10.7. The molecule has 0 atom stereocenters. The number of aromatic nitrogens is 2. The average Bonchev–Trinajstić information content (AvgIpc) is 2.46. The van der Waals surface area contributed by atoms with Gasteiger partial charge in [0.25, 0.3) is 10.0 Å². The van der Waals surface area contributed by atoms with E-state index in [4.69, 9.17) is 4.74 Å². The van der Waals surface area contributed by atoms with Crippen LogP contribution in [0.1, 0.15) is 0 Å². The number of sulfonamides is 1. The van der Waals surface area contributed by atoms with E-state index in [2.05, 4.69) is 19.4 Å². The molecule has 0 unspecified atom stereocenters. The average molecular weight is 349 g/mol. The summed E-state index contributed by atoms with van der Waals surface area (Å²) in [5.41, 5.74) is 0.0708. The molecule has 23 heavy (non-hydrogen) atoms. The number of halogens is 3. The smallest absolute Gasteiger partial charge is 0.467 e. The lowest BCUT2D eigenvalue weighted by molar-refractivity contribution is -0.274. The van der Waals surface area contributed by atoms with Crippen LogP contribution in [0.3, 0.4) is 0 Å². The van der Waals surface area contributed by atoms with E-state index in [9.17, 15) is 21.6 Å². The van der Waals surface area contributed by atoms with Crippen molar-refractivity contribution in [2.45, 2.75) is 11.3 Å². The van der Waals surface area contributed by atoms with Gasteiger partial charge in [0.1, 0.15) is 5.75 Å². The summed E-state index contributed by atoms with van der Waals surface area (Å²) < 4.78 is 70.9. The Morgan fingerprint density at radius 1 is 1.09 bits per heavy atom. The highest BCUT2D eigenvalue weighted by Gasteiger charge is 2.31. The third kappa shape index (κ3) is 4.71. The van der Waals surface area contributed by atoms with E-state index in [1.807, 2.05) is 0 Å². The standard InChI is InChI=1S/C12H10F3N3O4S/c1-21-11-16-6-8(7-17-11)18-23(19,20)10-4-2-9(3-5-10)22-12(13,14)15/h2-7,18H,1H3. The molecule has 0 bridgehead atoms. The molecule has 0 fully saturated rings. The number of nitrogens with one attached hydrogen (secondary N) is 1. The van der Waals surface area contributed by atoms with E-state index in [0.717, 1.165) is 24.3 Å². The number of anilines is 1. The number of methoxy groups -OCH3 is 1. The van der Waals surface area contributed by atoms with Gasteiger partial charge in [-0.2, -0.15) is 0 Å². The van der Waals surface area contributed by atoms with Gasteiger partial charge in [-0.15, -0.1) is 13.2 Å². The highest BCUT2D eigenvalue weighted by Crippen LogP contribution is 2.24. The van der Waals surface area contributed by atoms with Crippen molar-refractivity contribution in [1.29, 1.82) is 0 Å². The molecule has 0 aliphatic heterocycles. The van der Waals surface area contributed by atoms with Crippen LogP contribution in [0.4, 0.5) is 18.9 Å². The Hall–Kier alpha value is -2.56. The van der Waals surface area contributed by atoms with Crippen LogP contribution >= 0.6 is 0 Å². The largest absolute Gasteiger partial charge is 0.573 e. The Balaban J connectivity index is 2.15. The topological polar surface area (TPSA) is 90.4 Å². The Morgan fingerprint density at radius 3 is 2.13 bits per heavy atom. The Kier molecular flexibility index (Phi) is 4.59. The van der Waals surface area contributed by atoms with Crippen molar-refractivity contribution in [3.63, 3.8) is 0 Å². The zero-order valence-corrected chi connectivity index (χ0v) is 12.4. The summed E-state index contributed by atoms with van der Waals surface area (Å²) in [6.07, 6.45) is -2.48. The summed E-state index contributed by atoms with van der Waals surface area (Å²) in [4.78, 5) is 7.20. The predicted octanol–water partition coefficient (Wildman–Crippen LogP) is 2.18. The Bertz CT molecular complexity index is 762. The van der Waals surface area contributed by atoms with Crippen molar-refractivity contribution in [1.82, 2.24) is 9.97 Å². The molecule has 7 nitrogen and oxygen atoms in total. The molecule has 124 valence electrons. The molecule has 1 heterocycles. The Labute approximate surface area is 129 Å². The lowest BCUT2D eigenvalue weighted by Gasteiger charge is -2.10. The van der Waals surface area contributed by atoms with Gasteiger partial charge in [0.2, 0.25) is 0 Å². The maximum absolute atomic E-state index is 12.1. The first-order valence-electron chi connectivity index (χ1n) is 5.94. The summed E-state index contributed by atoms with van der Waals surface area (Å²) in [6, 6.07) is 3.81. The van der Waals surface area contributed by atoms with Crippen molar-refractivity contribution in [2.75, 3.05) is 11.8 Å². The molecule has 0 saturated carbocycles.